The maximum atomic E-state index is 8.14. The summed E-state index contributed by atoms with van der Waals surface area (Å²) in [6, 6.07) is 16.2. The lowest BCUT2D eigenvalue weighted by Crippen LogP contribution is -2.43. The molecule has 0 saturated heterocycles. The summed E-state index contributed by atoms with van der Waals surface area (Å²) < 4.78 is 5.85. The second-order valence-electron chi connectivity index (χ2n) is 7.37. The molecule has 2 aromatic carbocycles. The minimum atomic E-state index is -0.573. The van der Waals surface area contributed by atoms with Crippen molar-refractivity contribution in [2.24, 2.45) is 16.5 Å². The van der Waals surface area contributed by atoms with E-state index in [1.54, 1.807) is 6.21 Å². The van der Waals surface area contributed by atoms with Gasteiger partial charge in [0.25, 0.3) is 0 Å². The average Bonchev–Trinajstić information content (AvgIpc) is 2.76. The van der Waals surface area contributed by atoms with Gasteiger partial charge < -0.3 is 16.2 Å². The fourth-order valence-corrected chi connectivity index (χ4v) is 4.06. The summed E-state index contributed by atoms with van der Waals surface area (Å²) in [7, 11) is 0. The molecule has 0 radical (unpaired) electrons. The van der Waals surface area contributed by atoms with Crippen molar-refractivity contribution in [3.63, 3.8) is 0 Å². The third-order valence-corrected chi connectivity index (χ3v) is 6.17. The van der Waals surface area contributed by atoms with Gasteiger partial charge in [0.1, 0.15) is 17.3 Å². The van der Waals surface area contributed by atoms with Crippen LogP contribution in [0.3, 0.4) is 0 Å². The van der Waals surface area contributed by atoms with E-state index < -0.39 is 6.04 Å². The zero-order chi connectivity index (χ0) is 22.0. The lowest BCUT2D eigenvalue weighted by atomic mass is 9.84. The molecule has 7 heteroatoms. The van der Waals surface area contributed by atoms with Crippen LogP contribution in [0.25, 0.3) is 5.57 Å². The summed E-state index contributed by atoms with van der Waals surface area (Å²) in [4.78, 5) is 4.67. The number of amidine groups is 1. The summed E-state index contributed by atoms with van der Waals surface area (Å²) in [6.07, 6.45) is 6.14. The van der Waals surface area contributed by atoms with Gasteiger partial charge in [-0.15, -0.1) is 11.6 Å². The van der Waals surface area contributed by atoms with E-state index >= 15 is 0 Å². The molecular weight excluding hydrogens is 431 g/mol. The van der Waals surface area contributed by atoms with Gasteiger partial charge in [-0.25, -0.2) is 0 Å². The lowest BCUT2D eigenvalue weighted by Gasteiger charge is -2.30. The molecule has 0 fully saturated rings. The number of aliphatic imine (C=N–C) groups is 1. The van der Waals surface area contributed by atoms with Gasteiger partial charge in [-0.2, -0.15) is 0 Å². The fraction of sp³-hybridized carbons (Fsp3) is 0.167. The van der Waals surface area contributed by atoms with E-state index in [9.17, 15) is 0 Å². The van der Waals surface area contributed by atoms with E-state index in [4.69, 9.17) is 44.8 Å². The van der Waals surface area contributed by atoms with Gasteiger partial charge in [0.15, 0.2) is 0 Å². The van der Waals surface area contributed by atoms with Gasteiger partial charge in [-0.1, -0.05) is 48.0 Å². The van der Waals surface area contributed by atoms with E-state index in [1.807, 2.05) is 66.7 Å². The van der Waals surface area contributed by atoms with Crippen LogP contribution < -0.4 is 16.2 Å². The number of benzene rings is 2. The number of allylic oxidation sites excluding steroid dienone is 3. The molecule has 3 atom stereocenters. The zero-order valence-corrected chi connectivity index (χ0v) is 18.1. The number of para-hydroxylation sites is 1. The van der Waals surface area contributed by atoms with Gasteiger partial charge >= 0.3 is 0 Å². The Morgan fingerprint density at radius 3 is 2.39 bits per heavy atom. The first-order valence-electron chi connectivity index (χ1n) is 9.86. The molecule has 3 unspecified atom stereocenters. The lowest BCUT2D eigenvalue weighted by molar-refractivity contribution is 0.482. The third kappa shape index (κ3) is 4.59. The van der Waals surface area contributed by atoms with Crippen LogP contribution in [-0.2, 0) is 0 Å². The van der Waals surface area contributed by atoms with E-state index in [2.05, 4.69) is 4.99 Å². The second kappa shape index (κ2) is 9.10. The van der Waals surface area contributed by atoms with Crippen molar-refractivity contribution < 1.29 is 4.74 Å². The molecule has 0 aromatic heterocycles. The predicted octanol–water partition coefficient (Wildman–Crippen LogP) is 5.01. The molecule has 1 heterocycles. The Kier molecular flexibility index (Phi) is 6.28. The highest BCUT2D eigenvalue weighted by Gasteiger charge is 2.32. The molecule has 5 N–H and O–H groups in total. The maximum absolute atomic E-state index is 8.14. The van der Waals surface area contributed by atoms with Crippen LogP contribution in [0.2, 0.25) is 0 Å². The van der Waals surface area contributed by atoms with E-state index in [0.29, 0.717) is 22.8 Å². The van der Waals surface area contributed by atoms with E-state index in [-0.39, 0.29) is 17.3 Å². The molecule has 5 nitrogen and oxygen atoms in total. The first kappa shape index (κ1) is 21.4. The Balaban J connectivity index is 1.61. The fourth-order valence-electron chi connectivity index (χ4n) is 3.70. The smallest absolute Gasteiger partial charge is 0.127 e. The standard InChI is InChI=1S/C24H22Cl2N4O/c25-19-11-8-15(12-20(19)26)23-22(27)21(24(28)29)18(13-30-23)14-6-9-17(10-7-14)31-16-4-2-1-3-5-16/h1-10,12-13,19,22-23H,11,27H2,(H3,28,29). The molecule has 2 aromatic rings. The van der Waals surface area contributed by atoms with Gasteiger partial charge in [0, 0.05) is 22.4 Å². The molecule has 0 amide bonds. The minimum Gasteiger partial charge on any atom is -0.457 e. The number of hydrogen-bond acceptors (Lipinski definition) is 4. The Morgan fingerprint density at radius 1 is 1.06 bits per heavy atom. The summed E-state index contributed by atoms with van der Waals surface area (Å²) in [5, 5.41) is 8.47. The third-order valence-electron chi connectivity index (χ3n) is 5.27. The first-order chi connectivity index (χ1) is 14.9. The van der Waals surface area contributed by atoms with Gasteiger partial charge in [-0.3, -0.25) is 10.4 Å². The number of ether oxygens (including phenoxy) is 1. The van der Waals surface area contributed by atoms with Crippen LogP contribution in [-0.4, -0.2) is 29.5 Å². The number of halogens is 2. The van der Waals surface area contributed by atoms with Crippen LogP contribution in [0.5, 0.6) is 11.5 Å². The van der Waals surface area contributed by atoms with Gasteiger partial charge in [0.2, 0.25) is 0 Å². The highest BCUT2D eigenvalue weighted by molar-refractivity contribution is 6.37. The largest absolute Gasteiger partial charge is 0.457 e. The Labute approximate surface area is 191 Å². The summed E-state index contributed by atoms with van der Waals surface area (Å²) in [5.74, 6) is 1.39. The van der Waals surface area contributed by atoms with Gasteiger partial charge in [-0.05, 0) is 47.9 Å². The topological polar surface area (TPSA) is 97.5 Å². The number of nitrogens with one attached hydrogen (secondary N) is 1. The number of rotatable bonds is 5. The average molecular weight is 453 g/mol. The molecule has 0 spiro atoms. The number of alkyl halides is 1. The minimum absolute atomic E-state index is 0.0787. The van der Waals surface area contributed by atoms with Crippen molar-refractivity contribution in [3.05, 3.63) is 88.5 Å². The highest BCUT2D eigenvalue weighted by Crippen LogP contribution is 2.33. The van der Waals surface area contributed by atoms with Crippen LogP contribution in [0.15, 0.2) is 87.9 Å². The van der Waals surface area contributed by atoms with Gasteiger partial charge in [0.05, 0.1) is 17.5 Å². The molecule has 2 aliphatic rings. The van der Waals surface area contributed by atoms with E-state index in [1.165, 1.54) is 0 Å². The number of nitrogens with zero attached hydrogens (tertiary/aromatic N) is 1. The van der Waals surface area contributed by atoms with Crippen LogP contribution in [0.1, 0.15) is 12.0 Å². The van der Waals surface area contributed by atoms with Crippen LogP contribution >= 0.6 is 23.2 Å². The summed E-state index contributed by atoms with van der Waals surface area (Å²) >= 11 is 12.4. The first-order valence-corrected chi connectivity index (χ1v) is 10.7. The number of nitrogens with two attached hydrogens (primary N) is 2. The molecule has 0 saturated carbocycles. The summed E-state index contributed by atoms with van der Waals surface area (Å²) in [6.45, 7) is 0. The number of dihydropyridines is 1. The zero-order valence-electron chi connectivity index (χ0n) is 16.6. The molecule has 31 heavy (non-hydrogen) atoms. The SMILES string of the molecule is N=C(N)C1=C(c2ccc(Oc3ccccc3)cc2)C=NC(C2=CCC(Cl)C(Cl)=C2)C1N. The highest BCUT2D eigenvalue weighted by atomic mass is 35.5. The summed E-state index contributed by atoms with van der Waals surface area (Å²) in [5.41, 5.74) is 15.5. The van der Waals surface area contributed by atoms with Crippen molar-refractivity contribution in [1.29, 1.82) is 5.41 Å². The Morgan fingerprint density at radius 2 is 1.74 bits per heavy atom. The molecule has 0 bridgehead atoms. The van der Waals surface area contributed by atoms with Crippen molar-refractivity contribution in [1.82, 2.24) is 0 Å². The van der Waals surface area contributed by atoms with Crippen LogP contribution in [0, 0.1) is 5.41 Å². The Bertz CT molecular complexity index is 1100. The Hall–Kier alpha value is -2.86. The molecule has 4 rings (SSSR count). The monoisotopic (exact) mass is 452 g/mol. The van der Waals surface area contributed by atoms with Crippen molar-refractivity contribution in [3.8, 4) is 11.5 Å². The van der Waals surface area contributed by atoms with Crippen molar-refractivity contribution in [2.75, 3.05) is 0 Å². The van der Waals surface area contributed by atoms with E-state index in [0.717, 1.165) is 22.5 Å². The van der Waals surface area contributed by atoms with Crippen molar-refractivity contribution >= 4 is 40.8 Å². The molecule has 1 aliphatic carbocycles. The van der Waals surface area contributed by atoms with Crippen molar-refractivity contribution in [2.45, 2.75) is 23.9 Å². The quantitative estimate of drug-likeness (QED) is 0.337. The van der Waals surface area contributed by atoms with Crippen LogP contribution in [0.4, 0.5) is 0 Å². The molecular formula is C24H22Cl2N4O. The predicted molar refractivity (Wildman–Crippen MR) is 128 cm³/mol. The number of hydrogen-bond donors (Lipinski definition) is 3. The normalized spacial score (nSPS) is 23.3. The second-order valence-corrected chi connectivity index (χ2v) is 8.33. The molecule has 158 valence electrons. The maximum Gasteiger partial charge on any atom is 0.127 e. The molecule has 1 aliphatic heterocycles.